The molecule has 8 nitrogen and oxygen atoms in total. The molecule has 29 heavy (non-hydrogen) atoms. The second-order valence-electron chi connectivity index (χ2n) is 5.84. The number of aliphatic carboxylic acids is 1. The zero-order chi connectivity index (χ0) is 20.6. The van der Waals surface area contributed by atoms with E-state index in [0.29, 0.717) is 28.2 Å². The molecular formula is C20H20N3O5S-. The number of benzene rings is 2. The highest BCUT2D eigenvalue weighted by Gasteiger charge is 2.16. The van der Waals surface area contributed by atoms with Gasteiger partial charge in [0.15, 0.2) is 22.5 Å². The number of methoxy groups -OCH3 is 2. The zero-order valence-electron chi connectivity index (χ0n) is 16.0. The van der Waals surface area contributed by atoms with Crippen LogP contribution in [-0.2, 0) is 11.4 Å². The van der Waals surface area contributed by atoms with Gasteiger partial charge in [-0.05, 0) is 42.8 Å². The fraction of sp³-hybridized carbons (Fsp3) is 0.250. The highest BCUT2D eigenvalue weighted by atomic mass is 32.2. The highest BCUT2D eigenvalue weighted by molar-refractivity contribution is 7.99. The van der Waals surface area contributed by atoms with Crippen LogP contribution in [0.1, 0.15) is 12.2 Å². The average molecular weight is 414 g/mol. The highest BCUT2D eigenvalue weighted by Crippen LogP contribution is 2.28. The molecule has 152 valence electrons. The summed E-state index contributed by atoms with van der Waals surface area (Å²) in [5, 5.41) is 19.7. The van der Waals surface area contributed by atoms with Crippen molar-refractivity contribution in [1.82, 2.24) is 14.8 Å². The molecular weight excluding hydrogens is 394 g/mol. The van der Waals surface area contributed by atoms with Gasteiger partial charge in [-0.3, -0.25) is 4.57 Å². The molecule has 2 aromatic carbocycles. The minimum atomic E-state index is -1.10. The number of aromatic nitrogens is 3. The van der Waals surface area contributed by atoms with E-state index in [1.165, 1.54) is 11.8 Å². The first-order chi connectivity index (χ1) is 14.1. The summed E-state index contributed by atoms with van der Waals surface area (Å²) in [5.74, 6) is 1.71. The third-order valence-corrected chi connectivity index (χ3v) is 4.92. The van der Waals surface area contributed by atoms with Crippen molar-refractivity contribution in [3.63, 3.8) is 0 Å². The number of nitrogens with zero attached hydrogens (tertiary/aromatic N) is 3. The number of thioether (sulfide) groups is 1. The van der Waals surface area contributed by atoms with E-state index in [1.54, 1.807) is 14.2 Å². The van der Waals surface area contributed by atoms with Gasteiger partial charge in [0.05, 0.1) is 14.2 Å². The van der Waals surface area contributed by atoms with Crippen LogP contribution in [0.2, 0.25) is 0 Å². The summed E-state index contributed by atoms with van der Waals surface area (Å²) in [6.07, 6.45) is -0.0762. The molecule has 0 fully saturated rings. The van der Waals surface area contributed by atoms with E-state index in [9.17, 15) is 9.90 Å². The molecule has 0 saturated carbocycles. The summed E-state index contributed by atoms with van der Waals surface area (Å²) in [5.41, 5.74) is 0.811. The van der Waals surface area contributed by atoms with E-state index in [0.717, 1.165) is 11.4 Å². The van der Waals surface area contributed by atoms with Crippen LogP contribution in [0.15, 0.2) is 53.7 Å². The topological polar surface area (TPSA) is 98.5 Å². The predicted octanol–water partition coefficient (Wildman–Crippen LogP) is 2.10. The Morgan fingerprint density at radius 3 is 2.41 bits per heavy atom. The summed E-state index contributed by atoms with van der Waals surface area (Å²) < 4.78 is 18.2. The van der Waals surface area contributed by atoms with E-state index < -0.39 is 5.97 Å². The fourth-order valence-corrected chi connectivity index (χ4v) is 3.47. The number of para-hydroxylation sites is 2. The molecule has 1 aromatic heterocycles. The van der Waals surface area contributed by atoms with Crippen LogP contribution >= 0.6 is 11.8 Å². The third kappa shape index (κ3) is 5.20. The molecule has 0 amide bonds. The Kier molecular flexibility index (Phi) is 6.96. The second-order valence-corrected chi connectivity index (χ2v) is 6.90. The van der Waals surface area contributed by atoms with E-state index in [-0.39, 0.29) is 13.0 Å². The average Bonchev–Trinajstić information content (AvgIpc) is 3.15. The first-order valence-electron chi connectivity index (χ1n) is 8.79. The van der Waals surface area contributed by atoms with Gasteiger partial charge >= 0.3 is 0 Å². The first kappa shape index (κ1) is 20.5. The van der Waals surface area contributed by atoms with Crippen LogP contribution in [0.5, 0.6) is 17.2 Å². The SMILES string of the molecule is COc1ccc(-n2c(COc3ccccc3OC)nnc2SCCC(=O)[O-])cc1. The van der Waals surface area contributed by atoms with Crippen molar-refractivity contribution in [3.8, 4) is 22.9 Å². The lowest BCUT2D eigenvalue weighted by Crippen LogP contribution is -2.22. The van der Waals surface area contributed by atoms with Gasteiger partial charge in [-0.15, -0.1) is 10.2 Å². The van der Waals surface area contributed by atoms with E-state index in [1.807, 2.05) is 53.1 Å². The molecule has 0 radical (unpaired) electrons. The first-order valence-corrected chi connectivity index (χ1v) is 9.78. The molecule has 9 heteroatoms. The van der Waals surface area contributed by atoms with Crippen molar-refractivity contribution in [2.24, 2.45) is 0 Å². The molecule has 1 heterocycles. The van der Waals surface area contributed by atoms with Crippen molar-refractivity contribution >= 4 is 17.7 Å². The molecule has 3 aromatic rings. The van der Waals surface area contributed by atoms with E-state index in [2.05, 4.69) is 10.2 Å². The van der Waals surface area contributed by atoms with Crippen LogP contribution < -0.4 is 19.3 Å². The molecule has 0 bridgehead atoms. The largest absolute Gasteiger partial charge is 0.550 e. The number of rotatable bonds is 10. The summed E-state index contributed by atoms with van der Waals surface area (Å²) in [7, 11) is 3.18. The van der Waals surface area contributed by atoms with Crippen LogP contribution in [0.3, 0.4) is 0 Å². The molecule has 0 spiro atoms. The van der Waals surface area contributed by atoms with Gasteiger partial charge < -0.3 is 24.1 Å². The maximum atomic E-state index is 10.7. The normalized spacial score (nSPS) is 10.6. The Bertz CT molecular complexity index is 959. The summed E-state index contributed by atoms with van der Waals surface area (Å²) in [4.78, 5) is 10.7. The lowest BCUT2D eigenvalue weighted by molar-refractivity contribution is -0.305. The zero-order valence-corrected chi connectivity index (χ0v) is 16.8. The van der Waals surface area contributed by atoms with Crippen LogP contribution in [0.4, 0.5) is 0 Å². The lowest BCUT2D eigenvalue weighted by atomic mass is 10.3. The lowest BCUT2D eigenvalue weighted by Gasteiger charge is -2.13. The van der Waals surface area contributed by atoms with Crippen molar-refractivity contribution < 1.29 is 24.1 Å². The van der Waals surface area contributed by atoms with Gasteiger partial charge in [-0.2, -0.15) is 0 Å². The van der Waals surface area contributed by atoms with Crippen LogP contribution in [0, 0.1) is 0 Å². The molecule has 0 aliphatic carbocycles. The van der Waals surface area contributed by atoms with Gasteiger partial charge in [-0.25, -0.2) is 0 Å². The molecule has 0 saturated heterocycles. The van der Waals surface area contributed by atoms with Gasteiger partial charge in [0.25, 0.3) is 0 Å². The number of hydrogen-bond acceptors (Lipinski definition) is 8. The number of ether oxygens (including phenoxy) is 3. The van der Waals surface area contributed by atoms with Gasteiger partial charge in [0.1, 0.15) is 12.4 Å². The van der Waals surface area contributed by atoms with Crippen LogP contribution in [-0.4, -0.2) is 40.7 Å². The Morgan fingerprint density at radius 1 is 1.03 bits per heavy atom. The Hall–Kier alpha value is -3.20. The molecule has 0 aliphatic rings. The van der Waals surface area contributed by atoms with Crippen molar-refractivity contribution in [2.45, 2.75) is 18.2 Å². The quantitative estimate of drug-likeness (QED) is 0.465. The van der Waals surface area contributed by atoms with Gasteiger partial charge in [0, 0.05) is 17.4 Å². The third-order valence-electron chi connectivity index (χ3n) is 3.99. The second kappa shape index (κ2) is 9.83. The van der Waals surface area contributed by atoms with E-state index >= 15 is 0 Å². The number of carbonyl (C=O) groups is 1. The Balaban J connectivity index is 1.86. The Morgan fingerprint density at radius 2 is 1.76 bits per heavy atom. The summed E-state index contributed by atoms with van der Waals surface area (Å²) in [6.45, 7) is 0.153. The van der Waals surface area contributed by atoms with Gasteiger partial charge in [-0.1, -0.05) is 23.9 Å². The fourth-order valence-electron chi connectivity index (χ4n) is 2.58. The van der Waals surface area contributed by atoms with Crippen LogP contribution in [0.25, 0.3) is 5.69 Å². The number of carbonyl (C=O) groups excluding carboxylic acids is 1. The smallest absolute Gasteiger partial charge is 0.195 e. The van der Waals surface area contributed by atoms with Crippen molar-refractivity contribution in [3.05, 3.63) is 54.4 Å². The summed E-state index contributed by atoms with van der Waals surface area (Å²) in [6, 6.07) is 14.7. The Labute approximate surface area is 172 Å². The number of carboxylic acid groups (broad SMARTS) is 1. The summed E-state index contributed by atoms with van der Waals surface area (Å²) >= 11 is 1.29. The van der Waals surface area contributed by atoms with Crippen molar-refractivity contribution in [1.29, 1.82) is 0 Å². The minimum absolute atomic E-state index is 0.0762. The standard InChI is InChI=1S/C20H21N3O5S/c1-26-15-9-7-14(8-10-15)23-18(21-22-20(23)29-12-11-19(24)25)13-28-17-6-4-3-5-16(17)27-2/h3-10H,11-13H2,1-2H3,(H,24,25)/p-1. The molecule has 3 rings (SSSR count). The van der Waals surface area contributed by atoms with Crippen molar-refractivity contribution in [2.75, 3.05) is 20.0 Å². The number of hydrogen-bond donors (Lipinski definition) is 0. The molecule has 0 unspecified atom stereocenters. The maximum absolute atomic E-state index is 10.7. The molecule has 0 N–H and O–H groups in total. The molecule has 0 aliphatic heterocycles. The maximum Gasteiger partial charge on any atom is 0.195 e. The minimum Gasteiger partial charge on any atom is -0.550 e. The number of carboxylic acids is 1. The monoisotopic (exact) mass is 414 g/mol. The predicted molar refractivity (Wildman–Crippen MR) is 106 cm³/mol. The molecule has 0 atom stereocenters. The van der Waals surface area contributed by atoms with E-state index in [4.69, 9.17) is 14.2 Å². The van der Waals surface area contributed by atoms with Gasteiger partial charge in [0.2, 0.25) is 0 Å².